The van der Waals surface area contributed by atoms with Crippen LogP contribution in [-0.2, 0) is 0 Å². The molecule has 0 amide bonds. The van der Waals surface area contributed by atoms with E-state index in [-0.39, 0.29) is 0 Å². The maximum absolute atomic E-state index is 11.8. The van der Waals surface area contributed by atoms with Gasteiger partial charge >= 0.3 is 0 Å². The van der Waals surface area contributed by atoms with Crippen molar-refractivity contribution in [3.8, 4) is 11.1 Å². The summed E-state index contributed by atoms with van der Waals surface area (Å²) in [5.74, 6) is -0.501. The highest BCUT2D eigenvalue weighted by Gasteiger charge is 2.33. The van der Waals surface area contributed by atoms with Crippen molar-refractivity contribution in [1.82, 2.24) is 0 Å². The molecule has 2 rings (SSSR count). The van der Waals surface area contributed by atoms with Crippen LogP contribution in [0.2, 0.25) is 0 Å². The molecule has 0 saturated carbocycles. The summed E-state index contributed by atoms with van der Waals surface area (Å²) in [6.45, 7) is 0. The minimum absolute atomic E-state index is 0.436. The number of hydrogen-bond donors (Lipinski definition) is 0. The highest BCUT2D eigenvalue weighted by Crippen LogP contribution is 2.35. The van der Waals surface area contributed by atoms with E-state index in [0.717, 1.165) is 11.1 Å². The van der Waals surface area contributed by atoms with Crippen molar-refractivity contribution in [2.45, 2.75) is 3.79 Å². The zero-order valence-corrected chi connectivity index (χ0v) is 10.4. The van der Waals surface area contributed by atoms with Crippen molar-refractivity contribution in [2.75, 3.05) is 0 Å². The van der Waals surface area contributed by atoms with Crippen molar-refractivity contribution < 1.29 is 4.79 Å². The van der Waals surface area contributed by atoms with Crippen LogP contribution < -0.4 is 0 Å². The van der Waals surface area contributed by atoms with Gasteiger partial charge in [-0.3, -0.25) is 4.79 Å². The molecule has 4 heteroatoms. The van der Waals surface area contributed by atoms with Crippen molar-refractivity contribution in [2.24, 2.45) is 0 Å². The molecule has 82 valence electrons. The molecule has 0 aromatic rings. The average molecular weight is 274 g/mol. The largest absolute Gasteiger partial charge is 0.289 e. The van der Waals surface area contributed by atoms with E-state index < -0.39 is 9.58 Å². The number of fused-ring (bicyclic) bond motifs is 1. The van der Waals surface area contributed by atoms with E-state index in [1.54, 1.807) is 6.07 Å². The Morgan fingerprint density at radius 3 is 2.31 bits per heavy atom. The summed E-state index contributed by atoms with van der Waals surface area (Å²) >= 11 is 16.8. The van der Waals surface area contributed by atoms with E-state index in [0.29, 0.717) is 5.56 Å². The zero-order valence-electron chi connectivity index (χ0n) is 8.08. The summed E-state index contributed by atoms with van der Waals surface area (Å²) in [7, 11) is 0. The van der Waals surface area contributed by atoms with Gasteiger partial charge in [0.05, 0.1) is 0 Å². The lowest BCUT2D eigenvalue weighted by Crippen LogP contribution is -2.18. The smallest absolute Gasteiger partial charge is 0.253 e. The normalized spacial score (nSPS) is 11.7. The summed E-state index contributed by atoms with van der Waals surface area (Å²) in [6, 6.07) is 12.9. The molecule has 0 aromatic carbocycles. The molecule has 0 aliphatic heterocycles. The molecular formula is C12H7Cl3O. The SMILES string of the molecule is O=C(c1ccc2cccccc1-2)C(Cl)(Cl)Cl. The van der Waals surface area contributed by atoms with Crippen molar-refractivity contribution in [3.05, 3.63) is 48.0 Å². The van der Waals surface area contributed by atoms with Crippen LogP contribution >= 0.6 is 34.8 Å². The number of carbonyl (C=O) groups is 1. The standard InChI is InChI=1S/C12H7Cl3O/c13-12(14,15)11(16)10-7-6-8-4-2-1-3-5-9(8)10/h1-7H. The number of hydrogen-bond acceptors (Lipinski definition) is 1. The summed E-state index contributed by atoms with van der Waals surface area (Å²) in [5.41, 5.74) is 2.18. The Morgan fingerprint density at radius 1 is 0.938 bits per heavy atom. The third-order valence-corrected chi connectivity index (χ3v) is 2.81. The molecule has 16 heavy (non-hydrogen) atoms. The lowest BCUT2D eigenvalue weighted by Gasteiger charge is -2.09. The molecule has 0 heterocycles. The number of halogens is 3. The number of Topliss-reactive ketones (excluding diaryl/α,β-unsaturated/α-hetero) is 1. The topological polar surface area (TPSA) is 17.1 Å². The first kappa shape index (κ1) is 11.7. The lowest BCUT2D eigenvalue weighted by molar-refractivity contribution is 0.0997. The maximum Gasteiger partial charge on any atom is 0.253 e. The number of alkyl halides is 3. The fourth-order valence-electron chi connectivity index (χ4n) is 1.57. The first-order chi connectivity index (χ1) is 7.50. The second kappa shape index (κ2) is 4.25. The van der Waals surface area contributed by atoms with E-state index in [1.807, 2.05) is 36.4 Å². The van der Waals surface area contributed by atoms with E-state index >= 15 is 0 Å². The summed E-state index contributed by atoms with van der Waals surface area (Å²) in [4.78, 5) is 11.8. The van der Waals surface area contributed by atoms with E-state index in [1.165, 1.54) is 0 Å². The van der Waals surface area contributed by atoms with Gasteiger partial charge in [-0.05, 0) is 17.2 Å². The van der Waals surface area contributed by atoms with Crippen LogP contribution in [0.4, 0.5) is 0 Å². The highest BCUT2D eigenvalue weighted by molar-refractivity contribution is 6.77. The first-order valence-corrected chi connectivity index (χ1v) is 5.73. The predicted molar refractivity (Wildman–Crippen MR) is 67.7 cm³/mol. The molecule has 0 radical (unpaired) electrons. The molecule has 1 nitrogen and oxygen atoms in total. The van der Waals surface area contributed by atoms with Gasteiger partial charge in [-0.25, -0.2) is 0 Å². The van der Waals surface area contributed by atoms with Crippen LogP contribution in [0.5, 0.6) is 0 Å². The number of ketones is 1. The van der Waals surface area contributed by atoms with Gasteiger partial charge in [-0.15, -0.1) is 0 Å². The van der Waals surface area contributed by atoms with Gasteiger partial charge in [0, 0.05) is 5.56 Å². The molecule has 0 atom stereocenters. The molecule has 0 fully saturated rings. The molecular weight excluding hydrogens is 266 g/mol. The van der Waals surface area contributed by atoms with Crippen LogP contribution in [0.15, 0.2) is 42.5 Å². The van der Waals surface area contributed by atoms with Crippen LogP contribution in [0.1, 0.15) is 10.4 Å². The zero-order chi connectivity index (χ0) is 11.8. The van der Waals surface area contributed by atoms with Crippen LogP contribution in [0, 0.1) is 0 Å². The molecule has 0 aromatic heterocycles. The Morgan fingerprint density at radius 2 is 1.62 bits per heavy atom. The molecule has 2 aliphatic carbocycles. The van der Waals surface area contributed by atoms with E-state index in [2.05, 4.69) is 0 Å². The quantitative estimate of drug-likeness (QED) is 0.558. The Kier molecular flexibility index (Phi) is 3.11. The molecule has 2 aliphatic rings. The van der Waals surface area contributed by atoms with Gasteiger partial charge in [0.15, 0.2) is 0 Å². The molecule has 0 spiro atoms. The summed E-state index contributed by atoms with van der Waals surface area (Å²) in [5, 5.41) is 0. The van der Waals surface area contributed by atoms with Crippen LogP contribution in [-0.4, -0.2) is 9.58 Å². The van der Waals surface area contributed by atoms with Gasteiger partial charge < -0.3 is 0 Å². The number of rotatable bonds is 1. The van der Waals surface area contributed by atoms with Gasteiger partial charge in [-0.2, -0.15) is 0 Å². The average Bonchev–Trinajstić information content (AvgIpc) is 2.44. The third-order valence-electron chi connectivity index (χ3n) is 2.29. The fraction of sp³-hybridized carbons (Fsp3) is 0.0833. The first-order valence-electron chi connectivity index (χ1n) is 4.59. The Hall–Kier alpha value is -0.760. The monoisotopic (exact) mass is 272 g/mol. The number of carbonyl (C=O) groups excluding carboxylic acids is 1. The van der Waals surface area contributed by atoms with Gasteiger partial charge in [0.1, 0.15) is 0 Å². The second-order valence-corrected chi connectivity index (χ2v) is 5.63. The van der Waals surface area contributed by atoms with Crippen LogP contribution in [0.25, 0.3) is 11.1 Å². The van der Waals surface area contributed by atoms with Gasteiger partial charge in [0.25, 0.3) is 3.79 Å². The van der Waals surface area contributed by atoms with Crippen LogP contribution in [0.3, 0.4) is 0 Å². The highest BCUT2D eigenvalue weighted by atomic mass is 35.6. The minimum Gasteiger partial charge on any atom is -0.289 e. The fourth-order valence-corrected chi connectivity index (χ4v) is 1.87. The lowest BCUT2D eigenvalue weighted by atomic mass is 10.1. The summed E-state index contributed by atoms with van der Waals surface area (Å²) in [6.07, 6.45) is 0. The van der Waals surface area contributed by atoms with E-state index in [9.17, 15) is 4.79 Å². The molecule has 0 saturated heterocycles. The van der Waals surface area contributed by atoms with Crippen molar-refractivity contribution in [3.63, 3.8) is 0 Å². The third kappa shape index (κ3) is 2.17. The Labute approximate surface area is 108 Å². The molecule has 0 unspecified atom stereocenters. The van der Waals surface area contributed by atoms with E-state index in [4.69, 9.17) is 34.8 Å². The minimum atomic E-state index is -1.91. The second-order valence-electron chi connectivity index (χ2n) is 3.35. The Balaban J connectivity index is 2.55. The van der Waals surface area contributed by atoms with Gasteiger partial charge in [-0.1, -0.05) is 71.2 Å². The molecule has 0 N–H and O–H groups in total. The van der Waals surface area contributed by atoms with Crippen molar-refractivity contribution in [1.29, 1.82) is 0 Å². The Bertz CT molecular complexity index is 502. The van der Waals surface area contributed by atoms with Gasteiger partial charge in [0.2, 0.25) is 5.78 Å². The predicted octanol–water partition coefficient (Wildman–Crippen LogP) is 4.34. The van der Waals surface area contributed by atoms with Crippen molar-refractivity contribution >= 4 is 40.6 Å². The maximum atomic E-state index is 11.8. The summed E-state index contributed by atoms with van der Waals surface area (Å²) < 4.78 is -1.91. The molecule has 0 bridgehead atoms.